The van der Waals surface area contributed by atoms with Gasteiger partial charge in [-0.2, -0.15) is 0 Å². The second-order valence-electron chi connectivity index (χ2n) is 2.99. The monoisotopic (exact) mass is 188 g/mol. The van der Waals surface area contributed by atoms with E-state index in [0.29, 0.717) is 6.54 Å². The Bertz CT molecular complexity index is 511. The van der Waals surface area contributed by atoms with E-state index in [4.69, 9.17) is 10.1 Å². The summed E-state index contributed by atoms with van der Waals surface area (Å²) in [6.07, 6.45) is 0. The Labute approximate surface area is 79.9 Å². The number of aryl methyl sites for hydroxylation is 1. The maximum atomic E-state index is 8.17. The van der Waals surface area contributed by atoms with Crippen molar-refractivity contribution in [1.29, 1.82) is 0 Å². The lowest BCUT2D eigenvalue weighted by Crippen LogP contribution is -1.79. The molecule has 0 bridgehead atoms. The second kappa shape index (κ2) is 3.40. The van der Waals surface area contributed by atoms with Crippen LogP contribution in [0.25, 0.3) is 21.4 Å². The number of azide groups is 1. The third kappa shape index (κ3) is 1.41. The van der Waals surface area contributed by atoms with Crippen LogP contribution >= 0.6 is 0 Å². The van der Waals surface area contributed by atoms with E-state index in [9.17, 15) is 0 Å². The number of nitrogens with zero attached hydrogens (tertiary/aromatic N) is 4. The number of rotatable bonds is 2. The average molecular weight is 188 g/mol. The zero-order valence-corrected chi connectivity index (χ0v) is 7.64. The highest BCUT2D eigenvalue weighted by atomic mass is 16.5. The molecular weight excluding hydrogens is 180 g/mol. The summed E-state index contributed by atoms with van der Waals surface area (Å²) in [7, 11) is 0. The molecule has 0 unspecified atom stereocenters. The van der Waals surface area contributed by atoms with Crippen molar-refractivity contribution >= 4 is 11.0 Å². The zero-order valence-electron chi connectivity index (χ0n) is 7.64. The van der Waals surface area contributed by atoms with Gasteiger partial charge in [0.25, 0.3) is 0 Å². The largest absolute Gasteiger partial charge is 0.356 e. The SMILES string of the molecule is Cc1noc2cc(CN=[N+]=[N-])ccc12. The molecule has 2 aromatic rings. The minimum Gasteiger partial charge on any atom is -0.356 e. The minimum absolute atomic E-state index is 0.339. The molecule has 0 aliphatic carbocycles. The van der Waals surface area contributed by atoms with Gasteiger partial charge in [0, 0.05) is 10.3 Å². The molecule has 0 saturated carbocycles. The first-order valence-corrected chi connectivity index (χ1v) is 4.17. The van der Waals surface area contributed by atoms with Crippen LogP contribution in [-0.2, 0) is 6.54 Å². The van der Waals surface area contributed by atoms with Gasteiger partial charge in [-0.05, 0) is 30.2 Å². The second-order valence-corrected chi connectivity index (χ2v) is 2.99. The summed E-state index contributed by atoms with van der Waals surface area (Å²) in [5.41, 5.74) is 10.7. The fraction of sp³-hybridized carbons (Fsp3) is 0.222. The Morgan fingerprint density at radius 3 is 3.21 bits per heavy atom. The molecule has 2 rings (SSSR count). The molecule has 70 valence electrons. The molecule has 0 N–H and O–H groups in total. The van der Waals surface area contributed by atoms with Crippen molar-refractivity contribution in [3.8, 4) is 0 Å². The van der Waals surface area contributed by atoms with Crippen molar-refractivity contribution < 1.29 is 4.52 Å². The molecule has 0 aliphatic rings. The van der Waals surface area contributed by atoms with E-state index in [1.54, 1.807) is 0 Å². The van der Waals surface area contributed by atoms with Crippen LogP contribution in [0.3, 0.4) is 0 Å². The molecule has 1 heterocycles. The Kier molecular flexibility index (Phi) is 2.08. The molecule has 0 radical (unpaired) electrons. The first-order chi connectivity index (χ1) is 6.81. The molecule has 1 aromatic carbocycles. The fourth-order valence-corrected chi connectivity index (χ4v) is 1.32. The molecule has 0 atom stereocenters. The third-order valence-corrected chi connectivity index (χ3v) is 2.03. The highest BCUT2D eigenvalue weighted by Gasteiger charge is 2.03. The summed E-state index contributed by atoms with van der Waals surface area (Å²) < 4.78 is 5.08. The summed E-state index contributed by atoms with van der Waals surface area (Å²) in [6.45, 7) is 2.23. The van der Waals surface area contributed by atoms with Crippen LogP contribution < -0.4 is 0 Å². The number of aromatic nitrogens is 1. The summed E-state index contributed by atoms with van der Waals surface area (Å²) in [5.74, 6) is 0. The van der Waals surface area contributed by atoms with Gasteiger partial charge in [-0.1, -0.05) is 16.3 Å². The topological polar surface area (TPSA) is 74.8 Å². The molecule has 1 aromatic heterocycles. The Morgan fingerprint density at radius 2 is 2.43 bits per heavy atom. The van der Waals surface area contributed by atoms with Gasteiger partial charge in [-0.3, -0.25) is 0 Å². The van der Waals surface area contributed by atoms with Crippen molar-refractivity contribution in [3.63, 3.8) is 0 Å². The zero-order chi connectivity index (χ0) is 9.97. The summed E-state index contributed by atoms with van der Waals surface area (Å²) >= 11 is 0. The van der Waals surface area contributed by atoms with Crippen molar-refractivity contribution in [2.24, 2.45) is 5.11 Å². The number of benzene rings is 1. The summed E-state index contributed by atoms with van der Waals surface area (Å²) in [4.78, 5) is 2.70. The normalized spacial score (nSPS) is 10.1. The first-order valence-electron chi connectivity index (χ1n) is 4.17. The third-order valence-electron chi connectivity index (χ3n) is 2.03. The van der Waals surface area contributed by atoms with E-state index in [1.165, 1.54) is 0 Å². The van der Waals surface area contributed by atoms with Crippen molar-refractivity contribution in [2.75, 3.05) is 0 Å². The standard InChI is InChI=1S/C9H8N4O/c1-6-8-3-2-7(5-11-13-10)4-9(8)14-12-6/h2-4H,5H2,1H3. The maximum absolute atomic E-state index is 8.17. The Morgan fingerprint density at radius 1 is 1.57 bits per heavy atom. The number of hydrogen-bond acceptors (Lipinski definition) is 3. The number of hydrogen-bond donors (Lipinski definition) is 0. The van der Waals surface area contributed by atoms with Gasteiger partial charge in [-0.25, -0.2) is 0 Å². The van der Waals surface area contributed by atoms with Crippen LogP contribution in [0, 0.1) is 6.92 Å². The maximum Gasteiger partial charge on any atom is 0.167 e. The first kappa shape index (κ1) is 8.59. The van der Waals surface area contributed by atoms with Crippen LogP contribution in [0.1, 0.15) is 11.3 Å². The van der Waals surface area contributed by atoms with Crippen molar-refractivity contribution in [1.82, 2.24) is 5.16 Å². The van der Waals surface area contributed by atoms with E-state index < -0.39 is 0 Å². The van der Waals surface area contributed by atoms with Crippen LogP contribution in [0.4, 0.5) is 0 Å². The lowest BCUT2D eigenvalue weighted by atomic mass is 10.1. The highest BCUT2D eigenvalue weighted by molar-refractivity contribution is 5.79. The van der Waals surface area contributed by atoms with Crippen molar-refractivity contribution in [2.45, 2.75) is 13.5 Å². The quantitative estimate of drug-likeness (QED) is 0.412. The van der Waals surface area contributed by atoms with Crippen LogP contribution in [-0.4, -0.2) is 5.16 Å². The predicted molar refractivity (Wildman–Crippen MR) is 51.6 cm³/mol. The summed E-state index contributed by atoms with van der Waals surface area (Å²) in [6, 6.07) is 5.66. The molecule has 0 fully saturated rings. The molecular formula is C9H8N4O. The van der Waals surface area contributed by atoms with Gasteiger partial charge >= 0.3 is 0 Å². The lowest BCUT2D eigenvalue weighted by molar-refractivity contribution is 0.450. The van der Waals surface area contributed by atoms with Crippen LogP contribution in [0.15, 0.2) is 27.8 Å². The molecule has 0 spiro atoms. The van der Waals surface area contributed by atoms with E-state index >= 15 is 0 Å². The molecule has 0 saturated heterocycles. The van der Waals surface area contributed by atoms with Gasteiger partial charge in [0.15, 0.2) is 5.58 Å². The number of fused-ring (bicyclic) bond motifs is 1. The van der Waals surface area contributed by atoms with Crippen LogP contribution in [0.2, 0.25) is 0 Å². The van der Waals surface area contributed by atoms with Gasteiger partial charge in [0.2, 0.25) is 0 Å². The van der Waals surface area contributed by atoms with E-state index in [0.717, 1.165) is 22.2 Å². The molecule has 5 heteroatoms. The highest BCUT2D eigenvalue weighted by Crippen LogP contribution is 2.19. The van der Waals surface area contributed by atoms with Crippen LogP contribution in [0.5, 0.6) is 0 Å². The van der Waals surface area contributed by atoms with E-state index in [-0.39, 0.29) is 0 Å². The van der Waals surface area contributed by atoms with Gasteiger partial charge < -0.3 is 4.52 Å². The Balaban J connectivity index is 2.46. The Hall–Kier alpha value is -2.00. The smallest absolute Gasteiger partial charge is 0.167 e. The minimum atomic E-state index is 0.339. The molecule has 14 heavy (non-hydrogen) atoms. The van der Waals surface area contributed by atoms with Crippen molar-refractivity contribution in [3.05, 3.63) is 39.9 Å². The molecule has 5 nitrogen and oxygen atoms in total. The van der Waals surface area contributed by atoms with Gasteiger partial charge in [-0.15, -0.1) is 0 Å². The fourth-order valence-electron chi connectivity index (χ4n) is 1.32. The van der Waals surface area contributed by atoms with E-state index in [2.05, 4.69) is 15.2 Å². The van der Waals surface area contributed by atoms with Gasteiger partial charge in [0.05, 0.1) is 12.2 Å². The van der Waals surface area contributed by atoms with E-state index in [1.807, 2.05) is 25.1 Å². The molecule has 0 aliphatic heterocycles. The molecule has 0 amide bonds. The lowest BCUT2D eigenvalue weighted by Gasteiger charge is -1.93. The predicted octanol–water partition coefficient (Wildman–Crippen LogP) is 2.95. The van der Waals surface area contributed by atoms with Gasteiger partial charge in [0.1, 0.15) is 0 Å². The average Bonchev–Trinajstić information content (AvgIpc) is 2.57. The summed E-state index contributed by atoms with van der Waals surface area (Å²) in [5, 5.41) is 8.31.